The molecule has 1 saturated carbocycles. The summed E-state index contributed by atoms with van der Waals surface area (Å²) < 4.78 is 17.0. The fourth-order valence-electron chi connectivity index (χ4n) is 5.44. The summed E-state index contributed by atoms with van der Waals surface area (Å²) in [6, 6.07) is 4.50. The predicted octanol–water partition coefficient (Wildman–Crippen LogP) is 1.96. The van der Waals surface area contributed by atoms with Crippen LogP contribution in [0, 0.1) is 5.92 Å². The van der Waals surface area contributed by atoms with Gasteiger partial charge in [-0.05, 0) is 57.8 Å². The summed E-state index contributed by atoms with van der Waals surface area (Å²) in [5.41, 5.74) is 2.70. The molecule has 1 fully saturated rings. The number of hydrogen-bond donors (Lipinski definition) is 1. The first kappa shape index (κ1) is 18.6. The van der Waals surface area contributed by atoms with E-state index in [1.165, 1.54) is 18.2 Å². The average molecular weight is 374 g/mol. The van der Waals surface area contributed by atoms with Crippen LogP contribution < -0.4 is 14.8 Å². The maximum absolute atomic E-state index is 11.9. The summed E-state index contributed by atoms with van der Waals surface area (Å²) in [7, 11) is 7.48. The van der Waals surface area contributed by atoms with Crippen molar-refractivity contribution in [1.29, 1.82) is 0 Å². The quantitative estimate of drug-likeness (QED) is 0.795. The van der Waals surface area contributed by atoms with Crippen LogP contribution in [0.2, 0.25) is 0 Å². The van der Waals surface area contributed by atoms with Gasteiger partial charge in [-0.15, -0.1) is 0 Å². The zero-order valence-electron chi connectivity index (χ0n) is 16.8. The van der Waals surface area contributed by atoms with Crippen molar-refractivity contribution in [2.75, 3.05) is 28.3 Å². The normalized spacial score (nSPS) is 31.9. The van der Waals surface area contributed by atoms with Crippen LogP contribution in [-0.4, -0.2) is 63.4 Å². The van der Waals surface area contributed by atoms with E-state index in [9.17, 15) is 4.79 Å². The van der Waals surface area contributed by atoms with E-state index >= 15 is 0 Å². The molecule has 6 heteroatoms. The van der Waals surface area contributed by atoms with Crippen molar-refractivity contribution in [1.82, 2.24) is 10.2 Å². The number of rotatable bonds is 5. The van der Waals surface area contributed by atoms with Crippen molar-refractivity contribution in [2.24, 2.45) is 5.92 Å². The number of ether oxygens (including phenoxy) is 3. The molecule has 0 saturated heterocycles. The van der Waals surface area contributed by atoms with Crippen LogP contribution in [-0.2, 0) is 16.0 Å². The van der Waals surface area contributed by atoms with Gasteiger partial charge in [0.2, 0.25) is 0 Å². The first-order valence-corrected chi connectivity index (χ1v) is 9.83. The highest BCUT2D eigenvalue weighted by Gasteiger charge is 2.54. The minimum Gasteiger partial charge on any atom is -0.493 e. The van der Waals surface area contributed by atoms with Gasteiger partial charge in [-0.25, -0.2) is 0 Å². The van der Waals surface area contributed by atoms with Gasteiger partial charge in [-0.1, -0.05) is 6.07 Å². The minimum absolute atomic E-state index is 0.0173. The van der Waals surface area contributed by atoms with Crippen LogP contribution in [0.5, 0.6) is 11.5 Å². The number of hydrogen-bond acceptors (Lipinski definition) is 6. The van der Waals surface area contributed by atoms with Crippen molar-refractivity contribution in [3.63, 3.8) is 0 Å². The number of carbonyl (C=O) groups is 1. The lowest BCUT2D eigenvalue weighted by molar-refractivity contribution is -0.143. The van der Waals surface area contributed by atoms with E-state index in [4.69, 9.17) is 14.2 Å². The van der Waals surface area contributed by atoms with E-state index in [2.05, 4.69) is 30.4 Å². The topological polar surface area (TPSA) is 60.0 Å². The molecule has 4 rings (SSSR count). The summed E-state index contributed by atoms with van der Waals surface area (Å²) in [5.74, 6) is 2.37. The number of methoxy groups -OCH3 is 2. The van der Waals surface area contributed by atoms with Crippen molar-refractivity contribution < 1.29 is 19.0 Å². The molecular formula is C21H30N2O4. The summed E-state index contributed by atoms with van der Waals surface area (Å²) in [6.45, 7) is 1.86. The van der Waals surface area contributed by atoms with Gasteiger partial charge < -0.3 is 19.1 Å². The lowest BCUT2D eigenvalue weighted by Crippen LogP contribution is -2.57. The molecule has 0 aromatic heterocycles. The minimum atomic E-state index is -0.349. The largest absolute Gasteiger partial charge is 0.493 e. The number of carbonyl (C=O) groups excluding carboxylic acids is 1. The van der Waals surface area contributed by atoms with E-state index < -0.39 is 0 Å². The molecule has 148 valence electrons. The van der Waals surface area contributed by atoms with Crippen LogP contribution in [0.3, 0.4) is 0 Å². The molecule has 6 unspecified atom stereocenters. The SMILES string of the molecule is COC(=O)C(C)NC1CCC2C3c4c(ccc(OC)c4OC13)CC2N(C)C. The van der Waals surface area contributed by atoms with Gasteiger partial charge in [0, 0.05) is 23.6 Å². The molecule has 6 atom stereocenters. The highest BCUT2D eigenvalue weighted by molar-refractivity contribution is 5.75. The Morgan fingerprint density at radius 3 is 2.74 bits per heavy atom. The summed E-state index contributed by atoms with van der Waals surface area (Å²) in [6.07, 6.45) is 3.18. The molecule has 0 amide bonds. The average Bonchev–Trinajstić information content (AvgIpc) is 3.08. The third-order valence-corrected chi connectivity index (χ3v) is 6.69. The van der Waals surface area contributed by atoms with Crippen molar-refractivity contribution >= 4 is 5.97 Å². The molecule has 1 aromatic carbocycles. The second-order valence-corrected chi connectivity index (χ2v) is 8.27. The molecule has 1 N–H and O–H groups in total. The van der Waals surface area contributed by atoms with Crippen LogP contribution in [0.25, 0.3) is 0 Å². The van der Waals surface area contributed by atoms with E-state index in [1.807, 2.05) is 13.0 Å². The standard InChI is InChI=1S/C21H30N2O4/c1-11(21(24)26-5)22-14-8-7-13-15(23(2)3)10-12-6-9-16(25-4)20-17(12)18(13)19(14)27-20/h6,9,11,13-15,18-19,22H,7-8,10H2,1-5H3. The number of nitrogens with zero attached hydrogens (tertiary/aromatic N) is 1. The highest BCUT2D eigenvalue weighted by atomic mass is 16.5. The van der Waals surface area contributed by atoms with Crippen LogP contribution in [0.1, 0.15) is 36.8 Å². The highest BCUT2D eigenvalue weighted by Crippen LogP contribution is 2.57. The van der Waals surface area contributed by atoms with Gasteiger partial charge in [0.25, 0.3) is 0 Å². The van der Waals surface area contributed by atoms with Crippen molar-refractivity contribution in [3.8, 4) is 11.5 Å². The molecule has 0 spiro atoms. The maximum atomic E-state index is 11.9. The first-order valence-electron chi connectivity index (χ1n) is 9.83. The van der Waals surface area contributed by atoms with Gasteiger partial charge in [0.05, 0.1) is 14.2 Å². The Morgan fingerprint density at radius 1 is 1.30 bits per heavy atom. The molecule has 3 aliphatic rings. The van der Waals surface area contributed by atoms with E-state index in [0.717, 1.165) is 30.8 Å². The molecular weight excluding hydrogens is 344 g/mol. The van der Waals surface area contributed by atoms with Crippen molar-refractivity contribution in [3.05, 3.63) is 23.3 Å². The Balaban J connectivity index is 1.70. The Morgan fingerprint density at radius 2 is 2.07 bits per heavy atom. The molecule has 1 aliphatic heterocycles. The second kappa shape index (κ2) is 6.99. The lowest BCUT2D eigenvalue weighted by Gasteiger charge is -2.47. The van der Waals surface area contributed by atoms with E-state index in [0.29, 0.717) is 17.9 Å². The summed E-state index contributed by atoms with van der Waals surface area (Å²) >= 11 is 0. The third-order valence-electron chi connectivity index (χ3n) is 6.69. The smallest absolute Gasteiger partial charge is 0.322 e. The van der Waals surface area contributed by atoms with E-state index in [-0.39, 0.29) is 24.2 Å². The predicted molar refractivity (Wildman–Crippen MR) is 102 cm³/mol. The number of nitrogens with one attached hydrogen (secondary N) is 1. The zero-order chi connectivity index (χ0) is 19.3. The number of benzene rings is 1. The molecule has 1 aromatic rings. The van der Waals surface area contributed by atoms with Crippen LogP contribution in [0.15, 0.2) is 12.1 Å². The molecule has 0 bridgehead atoms. The monoisotopic (exact) mass is 374 g/mol. The zero-order valence-corrected chi connectivity index (χ0v) is 16.8. The van der Waals surface area contributed by atoms with Crippen LogP contribution in [0.4, 0.5) is 0 Å². The molecule has 2 aliphatic carbocycles. The third kappa shape index (κ3) is 2.90. The Hall–Kier alpha value is -1.79. The molecule has 6 nitrogen and oxygen atoms in total. The Labute approximate surface area is 161 Å². The van der Waals surface area contributed by atoms with Gasteiger partial charge in [-0.3, -0.25) is 10.1 Å². The van der Waals surface area contributed by atoms with Gasteiger partial charge in [-0.2, -0.15) is 0 Å². The second-order valence-electron chi connectivity index (χ2n) is 8.27. The van der Waals surface area contributed by atoms with Gasteiger partial charge in [0.1, 0.15) is 12.1 Å². The Bertz CT molecular complexity index is 735. The Kier molecular flexibility index (Phi) is 4.80. The number of esters is 1. The van der Waals surface area contributed by atoms with Crippen molar-refractivity contribution in [2.45, 2.75) is 56.3 Å². The van der Waals surface area contributed by atoms with Gasteiger partial charge in [0.15, 0.2) is 11.5 Å². The summed E-state index contributed by atoms with van der Waals surface area (Å²) in [4.78, 5) is 14.3. The first-order chi connectivity index (χ1) is 13.0. The fraction of sp³-hybridized carbons (Fsp3) is 0.667. The maximum Gasteiger partial charge on any atom is 0.322 e. The van der Waals surface area contributed by atoms with Gasteiger partial charge >= 0.3 is 5.97 Å². The fourth-order valence-corrected chi connectivity index (χ4v) is 5.44. The number of likely N-dealkylation sites (N-methyl/N-ethyl adjacent to an activating group) is 1. The molecule has 27 heavy (non-hydrogen) atoms. The molecule has 1 heterocycles. The lowest BCUT2D eigenvalue weighted by atomic mass is 9.64. The summed E-state index contributed by atoms with van der Waals surface area (Å²) in [5, 5.41) is 3.47. The van der Waals surface area contributed by atoms with Crippen LogP contribution >= 0.6 is 0 Å². The molecule has 0 radical (unpaired) electrons. The van der Waals surface area contributed by atoms with E-state index in [1.54, 1.807) is 7.11 Å².